The molecule has 2 N–H and O–H groups in total. The molecule has 0 unspecified atom stereocenters. The number of ether oxygens (including phenoxy) is 1. The molecule has 0 heterocycles. The molecular formula is C11H18N2O5. The second-order valence-corrected chi connectivity index (χ2v) is 4.33. The molecule has 0 radical (unpaired) electrons. The fourth-order valence-electron chi connectivity index (χ4n) is 1.52. The third-order valence-corrected chi connectivity index (χ3v) is 3.10. The first-order chi connectivity index (χ1) is 8.45. The lowest BCUT2D eigenvalue weighted by molar-refractivity contribution is -0.143. The van der Waals surface area contributed by atoms with Crippen molar-refractivity contribution >= 4 is 18.0 Å². The first kappa shape index (κ1) is 14.3. The summed E-state index contributed by atoms with van der Waals surface area (Å²) in [4.78, 5) is 35.0. The zero-order valence-corrected chi connectivity index (χ0v) is 10.6. The highest BCUT2D eigenvalue weighted by Crippen LogP contribution is 2.45. The van der Waals surface area contributed by atoms with Crippen molar-refractivity contribution in [3.05, 3.63) is 0 Å². The van der Waals surface area contributed by atoms with Gasteiger partial charge >= 0.3 is 18.0 Å². The van der Waals surface area contributed by atoms with Crippen LogP contribution in [0.5, 0.6) is 0 Å². The highest BCUT2D eigenvalue weighted by Gasteiger charge is 2.50. The van der Waals surface area contributed by atoms with Gasteiger partial charge in [0.2, 0.25) is 0 Å². The van der Waals surface area contributed by atoms with E-state index in [0.717, 1.165) is 0 Å². The average Bonchev–Trinajstić information content (AvgIpc) is 3.13. The van der Waals surface area contributed by atoms with Gasteiger partial charge in [0, 0.05) is 13.1 Å². The minimum Gasteiger partial charge on any atom is -0.481 e. The zero-order valence-electron chi connectivity index (χ0n) is 10.6. The van der Waals surface area contributed by atoms with E-state index in [9.17, 15) is 14.4 Å². The fourth-order valence-corrected chi connectivity index (χ4v) is 1.52. The van der Waals surface area contributed by atoms with Crippen LogP contribution in [0.15, 0.2) is 0 Å². The summed E-state index contributed by atoms with van der Waals surface area (Å²) in [5.74, 6) is -1.40. The number of carbonyl (C=O) groups excluding carboxylic acids is 2. The molecule has 18 heavy (non-hydrogen) atoms. The Bertz CT molecular complexity index is 351. The summed E-state index contributed by atoms with van der Waals surface area (Å²) in [5, 5.41) is 11.5. The van der Waals surface area contributed by atoms with Gasteiger partial charge in [0.05, 0.1) is 12.5 Å². The van der Waals surface area contributed by atoms with Crippen molar-refractivity contribution in [3.8, 4) is 0 Å². The van der Waals surface area contributed by atoms with E-state index in [-0.39, 0.29) is 13.1 Å². The summed E-state index contributed by atoms with van der Waals surface area (Å²) in [6, 6.07) is -0.449. The Labute approximate surface area is 105 Å². The molecule has 0 bridgehead atoms. The van der Waals surface area contributed by atoms with Crippen LogP contribution >= 0.6 is 0 Å². The number of hydrogen-bond acceptors (Lipinski definition) is 4. The quantitative estimate of drug-likeness (QED) is 0.656. The van der Waals surface area contributed by atoms with E-state index in [1.807, 2.05) is 0 Å². The van der Waals surface area contributed by atoms with Gasteiger partial charge in [-0.1, -0.05) is 0 Å². The topological polar surface area (TPSA) is 95.9 Å². The molecule has 0 atom stereocenters. The molecule has 0 spiro atoms. The van der Waals surface area contributed by atoms with Gasteiger partial charge in [0.15, 0.2) is 0 Å². The van der Waals surface area contributed by atoms with Gasteiger partial charge < -0.3 is 20.1 Å². The van der Waals surface area contributed by atoms with E-state index in [1.165, 1.54) is 12.0 Å². The van der Waals surface area contributed by atoms with Crippen molar-refractivity contribution < 1.29 is 24.2 Å². The molecule has 1 rings (SSSR count). The number of rotatable bonds is 6. The van der Waals surface area contributed by atoms with E-state index >= 15 is 0 Å². The molecule has 0 aromatic carbocycles. The summed E-state index contributed by atoms with van der Waals surface area (Å²) in [6.45, 7) is 2.03. The van der Waals surface area contributed by atoms with E-state index in [1.54, 1.807) is 6.92 Å². The maximum absolute atomic E-state index is 11.7. The monoisotopic (exact) mass is 258 g/mol. The highest BCUT2D eigenvalue weighted by molar-refractivity contribution is 5.82. The summed E-state index contributed by atoms with van der Waals surface area (Å²) in [7, 11) is 1.25. The van der Waals surface area contributed by atoms with Gasteiger partial charge in [-0.2, -0.15) is 0 Å². The minimum atomic E-state index is -0.890. The average molecular weight is 258 g/mol. The third-order valence-electron chi connectivity index (χ3n) is 3.10. The minimum absolute atomic E-state index is 0.0961. The number of carbonyl (C=O) groups is 3. The smallest absolute Gasteiger partial charge is 0.325 e. The van der Waals surface area contributed by atoms with Crippen LogP contribution in [0.3, 0.4) is 0 Å². The number of hydrogen-bond donors (Lipinski definition) is 2. The molecule has 1 saturated carbocycles. The molecule has 1 aliphatic carbocycles. The molecule has 7 heteroatoms. The Morgan fingerprint density at radius 2 is 2.00 bits per heavy atom. The van der Waals surface area contributed by atoms with Crippen molar-refractivity contribution in [2.75, 3.05) is 26.7 Å². The number of amides is 2. The maximum atomic E-state index is 11.7. The number of aliphatic carboxylic acids is 1. The van der Waals surface area contributed by atoms with Crippen LogP contribution in [0.1, 0.15) is 19.8 Å². The Hall–Kier alpha value is -1.79. The number of methoxy groups -OCH3 is 1. The van der Waals surface area contributed by atoms with Crippen LogP contribution in [0.2, 0.25) is 0 Å². The molecule has 7 nitrogen and oxygen atoms in total. The molecule has 0 saturated heterocycles. The number of likely N-dealkylation sites (N-methyl/N-ethyl adjacent to an activating group) is 1. The van der Waals surface area contributed by atoms with Crippen LogP contribution in [-0.2, 0) is 14.3 Å². The molecule has 1 aliphatic rings. The van der Waals surface area contributed by atoms with Crippen LogP contribution in [0.25, 0.3) is 0 Å². The Morgan fingerprint density at radius 3 is 2.39 bits per heavy atom. The van der Waals surface area contributed by atoms with E-state index < -0.39 is 23.4 Å². The molecular weight excluding hydrogens is 240 g/mol. The second kappa shape index (κ2) is 5.70. The number of nitrogens with one attached hydrogen (secondary N) is 1. The van der Waals surface area contributed by atoms with Gasteiger partial charge in [0.25, 0.3) is 0 Å². The molecule has 102 valence electrons. The van der Waals surface area contributed by atoms with E-state index in [2.05, 4.69) is 10.1 Å². The van der Waals surface area contributed by atoms with Crippen molar-refractivity contribution in [1.29, 1.82) is 0 Å². The van der Waals surface area contributed by atoms with E-state index in [0.29, 0.717) is 19.4 Å². The summed E-state index contributed by atoms with van der Waals surface area (Å²) < 4.78 is 4.47. The van der Waals surface area contributed by atoms with Gasteiger partial charge in [-0.25, -0.2) is 4.79 Å². The number of esters is 1. The van der Waals surface area contributed by atoms with Gasteiger partial charge in [0.1, 0.15) is 6.54 Å². The van der Waals surface area contributed by atoms with Crippen molar-refractivity contribution in [3.63, 3.8) is 0 Å². The van der Waals surface area contributed by atoms with Gasteiger partial charge in [-0.3, -0.25) is 9.59 Å². The Morgan fingerprint density at radius 1 is 1.39 bits per heavy atom. The number of urea groups is 1. The lowest BCUT2D eigenvalue weighted by Crippen LogP contribution is -2.45. The number of nitrogens with zero attached hydrogens (tertiary/aromatic N) is 1. The first-order valence-electron chi connectivity index (χ1n) is 5.78. The van der Waals surface area contributed by atoms with Gasteiger partial charge in [-0.05, 0) is 19.8 Å². The molecule has 0 aliphatic heterocycles. The second-order valence-electron chi connectivity index (χ2n) is 4.33. The van der Waals surface area contributed by atoms with Crippen molar-refractivity contribution in [2.24, 2.45) is 5.41 Å². The summed E-state index contributed by atoms with van der Waals surface area (Å²) in [6.07, 6.45) is 1.15. The summed E-state index contributed by atoms with van der Waals surface area (Å²) in [5.41, 5.74) is -0.805. The summed E-state index contributed by atoms with van der Waals surface area (Å²) >= 11 is 0. The largest absolute Gasteiger partial charge is 0.481 e. The fraction of sp³-hybridized carbons (Fsp3) is 0.727. The van der Waals surface area contributed by atoms with Crippen LogP contribution in [0.4, 0.5) is 4.79 Å². The normalized spacial score (nSPS) is 15.7. The SMILES string of the molecule is CCN(CC(=O)OC)C(=O)NCC1(C(=O)O)CC1. The molecule has 1 fully saturated rings. The Kier molecular flexibility index (Phi) is 4.52. The Balaban J connectivity index is 2.43. The van der Waals surface area contributed by atoms with Crippen LogP contribution in [0, 0.1) is 5.41 Å². The highest BCUT2D eigenvalue weighted by atomic mass is 16.5. The molecule has 0 aromatic rings. The predicted molar refractivity (Wildman–Crippen MR) is 62.0 cm³/mol. The van der Waals surface area contributed by atoms with E-state index in [4.69, 9.17) is 5.11 Å². The molecule has 0 aromatic heterocycles. The van der Waals surface area contributed by atoms with Crippen LogP contribution in [-0.4, -0.2) is 54.7 Å². The standard InChI is InChI=1S/C11H18N2O5/c1-3-13(6-8(14)18-2)10(17)12-7-11(4-5-11)9(15)16/h3-7H2,1-2H3,(H,12,17)(H,15,16). The lowest BCUT2D eigenvalue weighted by atomic mass is 10.1. The zero-order chi connectivity index (χ0) is 13.8. The number of carboxylic acids is 1. The third kappa shape index (κ3) is 3.35. The van der Waals surface area contributed by atoms with Crippen molar-refractivity contribution in [1.82, 2.24) is 10.2 Å². The number of carboxylic acid groups (broad SMARTS) is 1. The predicted octanol–water partition coefficient (Wildman–Crippen LogP) is 0.0557. The molecule has 2 amide bonds. The van der Waals surface area contributed by atoms with Crippen LogP contribution < -0.4 is 5.32 Å². The van der Waals surface area contributed by atoms with Gasteiger partial charge in [-0.15, -0.1) is 0 Å². The van der Waals surface area contributed by atoms with Crippen molar-refractivity contribution in [2.45, 2.75) is 19.8 Å². The maximum Gasteiger partial charge on any atom is 0.325 e. The lowest BCUT2D eigenvalue weighted by Gasteiger charge is -2.21. The first-order valence-corrected chi connectivity index (χ1v) is 5.78.